The Morgan fingerprint density at radius 1 is 1.39 bits per heavy atom. The van der Waals surface area contributed by atoms with Gasteiger partial charge in [-0.2, -0.15) is 0 Å². The number of hydrogen-bond donors (Lipinski definition) is 1. The van der Waals surface area contributed by atoms with Crippen LogP contribution < -0.4 is 5.32 Å². The second-order valence-corrected chi connectivity index (χ2v) is 4.40. The van der Waals surface area contributed by atoms with E-state index in [-0.39, 0.29) is 18.1 Å². The van der Waals surface area contributed by atoms with Gasteiger partial charge in [0.1, 0.15) is 6.04 Å². The van der Waals surface area contributed by atoms with E-state index in [0.717, 1.165) is 39.0 Å². The quantitative estimate of drug-likeness (QED) is 0.662. The maximum absolute atomic E-state index is 11.7. The van der Waals surface area contributed by atoms with Crippen molar-refractivity contribution in [3.8, 4) is 0 Å². The molecule has 1 saturated heterocycles. The fraction of sp³-hybridized carbons (Fsp3) is 0.923. The molecule has 1 fully saturated rings. The van der Waals surface area contributed by atoms with Gasteiger partial charge in [-0.3, -0.25) is 4.79 Å². The van der Waals surface area contributed by atoms with Crippen molar-refractivity contribution in [3.05, 3.63) is 0 Å². The Bertz CT molecular complexity index is 229. The zero-order valence-corrected chi connectivity index (χ0v) is 11.4. The first-order valence-corrected chi connectivity index (χ1v) is 6.87. The van der Waals surface area contributed by atoms with Gasteiger partial charge >= 0.3 is 5.97 Å². The average Bonchev–Trinajstić information content (AvgIpc) is 2.40. The summed E-state index contributed by atoms with van der Waals surface area (Å²) in [5, 5.41) is 3.16. The Morgan fingerprint density at radius 3 is 2.72 bits per heavy atom. The van der Waals surface area contributed by atoms with E-state index in [0.29, 0.717) is 13.2 Å². The van der Waals surface area contributed by atoms with Crippen molar-refractivity contribution in [1.82, 2.24) is 5.32 Å². The molecule has 0 aromatic rings. The van der Waals surface area contributed by atoms with Gasteiger partial charge in [-0.15, -0.1) is 0 Å². The standard InChI is InChI=1S/C13H25NO4/c1-3-7-14-12(13(15)17-4-2)10-18-11-5-8-16-9-6-11/h11-12,14H,3-10H2,1-2H3. The van der Waals surface area contributed by atoms with Crippen LogP contribution in [0.1, 0.15) is 33.1 Å². The lowest BCUT2D eigenvalue weighted by molar-refractivity contribution is -0.148. The van der Waals surface area contributed by atoms with E-state index < -0.39 is 0 Å². The molecule has 0 bridgehead atoms. The van der Waals surface area contributed by atoms with Gasteiger partial charge < -0.3 is 19.5 Å². The summed E-state index contributed by atoms with van der Waals surface area (Å²) >= 11 is 0. The van der Waals surface area contributed by atoms with Crippen LogP contribution in [0.15, 0.2) is 0 Å². The van der Waals surface area contributed by atoms with Crippen LogP contribution in [-0.2, 0) is 19.0 Å². The summed E-state index contributed by atoms with van der Waals surface area (Å²) in [5.41, 5.74) is 0. The minimum atomic E-state index is -0.354. The third-order valence-corrected chi connectivity index (χ3v) is 2.88. The van der Waals surface area contributed by atoms with Crippen LogP contribution in [0.3, 0.4) is 0 Å². The normalized spacial score (nSPS) is 18.6. The number of esters is 1. The Kier molecular flexibility index (Phi) is 7.96. The van der Waals surface area contributed by atoms with Gasteiger partial charge in [-0.1, -0.05) is 6.92 Å². The molecule has 0 saturated carbocycles. The molecule has 1 heterocycles. The van der Waals surface area contributed by atoms with Gasteiger partial charge in [-0.25, -0.2) is 0 Å². The molecule has 0 aromatic heterocycles. The lowest BCUT2D eigenvalue weighted by Crippen LogP contribution is -2.43. The predicted octanol–water partition coefficient (Wildman–Crippen LogP) is 1.11. The number of hydrogen-bond acceptors (Lipinski definition) is 5. The molecule has 0 spiro atoms. The van der Waals surface area contributed by atoms with Gasteiger partial charge in [0, 0.05) is 13.2 Å². The van der Waals surface area contributed by atoms with Gasteiger partial charge in [-0.05, 0) is 32.7 Å². The molecule has 1 aliphatic rings. The zero-order valence-electron chi connectivity index (χ0n) is 11.4. The Balaban J connectivity index is 2.31. The highest BCUT2D eigenvalue weighted by atomic mass is 16.5. The van der Waals surface area contributed by atoms with E-state index in [1.54, 1.807) is 0 Å². The fourth-order valence-electron chi connectivity index (χ4n) is 1.85. The first-order chi connectivity index (χ1) is 8.77. The van der Waals surface area contributed by atoms with E-state index in [1.807, 2.05) is 6.92 Å². The molecule has 0 amide bonds. The van der Waals surface area contributed by atoms with Crippen molar-refractivity contribution in [2.24, 2.45) is 0 Å². The highest BCUT2D eigenvalue weighted by Crippen LogP contribution is 2.11. The summed E-state index contributed by atoms with van der Waals surface area (Å²) in [6, 6.07) is -0.354. The number of carbonyl (C=O) groups excluding carboxylic acids is 1. The zero-order chi connectivity index (χ0) is 13.2. The number of ether oxygens (including phenoxy) is 3. The molecule has 1 N–H and O–H groups in total. The van der Waals surface area contributed by atoms with Crippen LogP contribution >= 0.6 is 0 Å². The minimum absolute atomic E-state index is 0.208. The van der Waals surface area contributed by atoms with Crippen LogP contribution in [-0.4, -0.2) is 51.1 Å². The molecule has 0 radical (unpaired) electrons. The van der Waals surface area contributed by atoms with Crippen LogP contribution in [0, 0.1) is 0 Å². The van der Waals surface area contributed by atoms with Gasteiger partial charge in [0.2, 0.25) is 0 Å². The van der Waals surface area contributed by atoms with Crippen molar-refractivity contribution in [1.29, 1.82) is 0 Å². The summed E-state index contributed by atoms with van der Waals surface area (Å²) in [6.07, 6.45) is 3.00. The average molecular weight is 259 g/mol. The highest BCUT2D eigenvalue weighted by molar-refractivity contribution is 5.75. The van der Waals surface area contributed by atoms with Crippen molar-refractivity contribution < 1.29 is 19.0 Å². The summed E-state index contributed by atoms with van der Waals surface area (Å²) in [4.78, 5) is 11.7. The summed E-state index contributed by atoms with van der Waals surface area (Å²) in [6.45, 7) is 6.95. The molecule has 18 heavy (non-hydrogen) atoms. The maximum atomic E-state index is 11.7. The molecule has 5 nitrogen and oxygen atoms in total. The molecule has 1 rings (SSSR count). The molecule has 0 aromatic carbocycles. The van der Waals surface area contributed by atoms with Crippen molar-refractivity contribution >= 4 is 5.97 Å². The minimum Gasteiger partial charge on any atom is -0.465 e. The second-order valence-electron chi connectivity index (χ2n) is 4.40. The van der Waals surface area contributed by atoms with Crippen LogP contribution in [0.2, 0.25) is 0 Å². The molecule has 1 aliphatic heterocycles. The van der Waals surface area contributed by atoms with Crippen LogP contribution in [0.5, 0.6) is 0 Å². The summed E-state index contributed by atoms with van der Waals surface area (Å²) in [5.74, 6) is -0.224. The monoisotopic (exact) mass is 259 g/mol. The van der Waals surface area contributed by atoms with Crippen LogP contribution in [0.25, 0.3) is 0 Å². The number of nitrogens with one attached hydrogen (secondary N) is 1. The molecule has 5 heteroatoms. The summed E-state index contributed by atoms with van der Waals surface area (Å²) in [7, 11) is 0. The van der Waals surface area contributed by atoms with Crippen molar-refractivity contribution in [2.45, 2.75) is 45.3 Å². The summed E-state index contributed by atoms with van der Waals surface area (Å²) < 4.78 is 16.1. The molecule has 1 atom stereocenters. The third-order valence-electron chi connectivity index (χ3n) is 2.88. The molecular weight excluding hydrogens is 234 g/mol. The van der Waals surface area contributed by atoms with Crippen molar-refractivity contribution in [2.75, 3.05) is 33.0 Å². The Labute approximate surface area is 109 Å². The first-order valence-electron chi connectivity index (χ1n) is 6.87. The van der Waals surface area contributed by atoms with E-state index in [1.165, 1.54) is 0 Å². The maximum Gasteiger partial charge on any atom is 0.325 e. The lowest BCUT2D eigenvalue weighted by Gasteiger charge is -2.25. The van der Waals surface area contributed by atoms with Crippen molar-refractivity contribution in [3.63, 3.8) is 0 Å². The first kappa shape index (κ1) is 15.4. The van der Waals surface area contributed by atoms with Gasteiger partial charge in [0.15, 0.2) is 0 Å². The van der Waals surface area contributed by atoms with Gasteiger partial charge in [0.05, 0.1) is 19.3 Å². The highest BCUT2D eigenvalue weighted by Gasteiger charge is 2.22. The van der Waals surface area contributed by atoms with Crippen LogP contribution in [0.4, 0.5) is 0 Å². The number of rotatable bonds is 8. The second kappa shape index (κ2) is 9.30. The molecule has 0 aliphatic carbocycles. The number of carbonyl (C=O) groups is 1. The Hall–Kier alpha value is -0.650. The van der Waals surface area contributed by atoms with E-state index in [4.69, 9.17) is 14.2 Å². The van der Waals surface area contributed by atoms with Gasteiger partial charge in [0.25, 0.3) is 0 Å². The SMILES string of the molecule is CCCNC(COC1CCOCC1)C(=O)OCC. The largest absolute Gasteiger partial charge is 0.465 e. The Morgan fingerprint density at radius 2 is 2.11 bits per heavy atom. The molecule has 106 valence electrons. The lowest BCUT2D eigenvalue weighted by atomic mass is 10.1. The predicted molar refractivity (Wildman–Crippen MR) is 68.5 cm³/mol. The smallest absolute Gasteiger partial charge is 0.325 e. The topological polar surface area (TPSA) is 56.8 Å². The fourth-order valence-corrected chi connectivity index (χ4v) is 1.85. The molecule has 1 unspecified atom stereocenters. The third kappa shape index (κ3) is 5.80. The van der Waals surface area contributed by atoms with E-state index in [2.05, 4.69) is 12.2 Å². The van der Waals surface area contributed by atoms with E-state index in [9.17, 15) is 4.79 Å². The molecular formula is C13H25NO4. The van der Waals surface area contributed by atoms with E-state index >= 15 is 0 Å².